The Bertz CT molecular complexity index is 519. The van der Waals surface area contributed by atoms with Gasteiger partial charge in [0.25, 0.3) is 0 Å². The summed E-state index contributed by atoms with van der Waals surface area (Å²) in [7, 11) is 0. The molecular weight excluding hydrogens is 279 g/mol. The van der Waals surface area contributed by atoms with Crippen molar-refractivity contribution >= 4 is 17.9 Å². The first-order valence-electron chi connectivity index (χ1n) is 6.52. The van der Waals surface area contributed by atoms with E-state index in [4.69, 9.17) is 5.11 Å². The van der Waals surface area contributed by atoms with E-state index in [-0.39, 0.29) is 19.4 Å². The fourth-order valence-corrected chi connectivity index (χ4v) is 1.61. The zero-order valence-corrected chi connectivity index (χ0v) is 11.4. The minimum atomic E-state index is -0.918. The molecule has 0 heterocycles. The van der Waals surface area contributed by atoms with Gasteiger partial charge in [0.15, 0.2) is 0 Å². The number of nitrogens with one attached hydrogen (secondary N) is 2. The molecule has 21 heavy (non-hydrogen) atoms. The molecule has 0 fully saturated rings. The molecule has 0 saturated heterocycles. The van der Waals surface area contributed by atoms with Crippen LogP contribution in [0.25, 0.3) is 0 Å². The van der Waals surface area contributed by atoms with Crippen LogP contribution in [0.2, 0.25) is 0 Å². The molecule has 7 heteroatoms. The van der Waals surface area contributed by atoms with Crippen LogP contribution in [0.1, 0.15) is 31.2 Å². The first-order chi connectivity index (χ1) is 9.99. The van der Waals surface area contributed by atoms with E-state index in [2.05, 4.69) is 10.6 Å². The second-order valence-corrected chi connectivity index (χ2v) is 4.42. The van der Waals surface area contributed by atoms with E-state index in [0.29, 0.717) is 18.4 Å². The molecule has 0 saturated carbocycles. The Balaban J connectivity index is 2.22. The quantitative estimate of drug-likeness (QED) is 0.668. The summed E-state index contributed by atoms with van der Waals surface area (Å²) < 4.78 is 13.3. The van der Waals surface area contributed by atoms with Crippen LogP contribution < -0.4 is 10.6 Å². The van der Waals surface area contributed by atoms with Crippen molar-refractivity contribution in [2.45, 2.75) is 32.2 Å². The van der Waals surface area contributed by atoms with Crippen LogP contribution in [-0.4, -0.2) is 23.0 Å². The normalized spacial score (nSPS) is 9.95. The van der Waals surface area contributed by atoms with Crippen LogP contribution in [0.15, 0.2) is 24.3 Å². The van der Waals surface area contributed by atoms with Gasteiger partial charge < -0.3 is 10.4 Å². The number of carbonyl (C=O) groups is 3. The molecule has 1 rings (SSSR count). The number of hydrogen-bond donors (Lipinski definition) is 3. The summed E-state index contributed by atoms with van der Waals surface area (Å²) in [5, 5.41) is 12.9. The predicted octanol–water partition coefficient (Wildman–Crippen LogP) is 1.80. The van der Waals surface area contributed by atoms with Gasteiger partial charge in [0.05, 0.1) is 0 Å². The molecule has 0 aliphatic heterocycles. The summed E-state index contributed by atoms with van der Waals surface area (Å²) in [5.74, 6) is -1.85. The number of urea groups is 1. The second kappa shape index (κ2) is 8.68. The van der Waals surface area contributed by atoms with Crippen molar-refractivity contribution in [2.75, 3.05) is 0 Å². The van der Waals surface area contributed by atoms with Gasteiger partial charge >= 0.3 is 12.0 Å². The van der Waals surface area contributed by atoms with Crippen LogP contribution >= 0.6 is 0 Å². The van der Waals surface area contributed by atoms with Crippen molar-refractivity contribution in [3.05, 3.63) is 35.6 Å². The minimum absolute atomic E-state index is 0.00718. The van der Waals surface area contributed by atoms with Crippen molar-refractivity contribution in [3.8, 4) is 0 Å². The van der Waals surface area contributed by atoms with E-state index in [1.165, 1.54) is 12.1 Å². The predicted molar refractivity (Wildman–Crippen MR) is 72.9 cm³/mol. The van der Waals surface area contributed by atoms with Crippen molar-refractivity contribution in [2.24, 2.45) is 0 Å². The number of rotatable bonds is 7. The van der Waals surface area contributed by atoms with Gasteiger partial charge in [-0.3, -0.25) is 14.9 Å². The molecule has 0 atom stereocenters. The summed E-state index contributed by atoms with van der Waals surface area (Å²) in [6, 6.07) is 5.29. The van der Waals surface area contributed by atoms with Gasteiger partial charge in [-0.15, -0.1) is 0 Å². The average molecular weight is 296 g/mol. The molecule has 0 aromatic heterocycles. The monoisotopic (exact) mass is 296 g/mol. The first-order valence-corrected chi connectivity index (χ1v) is 6.52. The Morgan fingerprint density at radius 1 is 1.10 bits per heavy atom. The van der Waals surface area contributed by atoms with Crippen LogP contribution in [0.3, 0.4) is 0 Å². The lowest BCUT2D eigenvalue weighted by Crippen LogP contribution is -2.39. The molecule has 0 aliphatic carbocycles. The van der Waals surface area contributed by atoms with Crippen molar-refractivity contribution in [3.63, 3.8) is 0 Å². The van der Waals surface area contributed by atoms with E-state index in [1.54, 1.807) is 12.1 Å². The van der Waals surface area contributed by atoms with E-state index >= 15 is 0 Å². The number of carboxylic acid groups (broad SMARTS) is 1. The zero-order valence-electron chi connectivity index (χ0n) is 11.4. The average Bonchev–Trinajstić information content (AvgIpc) is 2.42. The van der Waals surface area contributed by atoms with Crippen molar-refractivity contribution in [1.82, 2.24) is 10.6 Å². The Hall–Kier alpha value is -2.44. The van der Waals surface area contributed by atoms with Gasteiger partial charge in [-0.25, -0.2) is 9.18 Å². The third-order valence-corrected chi connectivity index (χ3v) is 2.69. The molecule has 1 aromatic carbocycles. The molecular formula is C14H17FN2O4. The van der Waals surface area contributed by atoms with Crippen molar-refractivity contribution < 1.29 is 23.9 Å². The smallest absolute Gasteiger partial charge is 0.321 e. The molecule has 0 radical (unpaired) electrons. The van der Waals surface area contributed by atoms with Gasteiger partial charge in [0.1, 0.15) is 5.82 Å². The maximum absolute atomic E-state index is 13.3. The van der Waals surface area contributed by atoms with Gasteiger partial charge in [0, 0.05) is 24.9 Å². The molecule has 3 N–H and O–H groups in total. The van der Waals surface area contributed by atoms with E-state index in [1.807, 2.05) is 0 Å². The SMILES string of the molecule is O=C(O)CCCCC(=O)NC(=O)NCc1ccccc1F. The molecule has 0 aliphatic rings. The highest BCUT2D eigenvalue weighted by Crippen LogP contribution is 2.05. The fraction of sp³-hybridized carbons (Fsp3) is 0.357. The highest BCUT2D eigenvalue weighted by molar-refractivity contribution is 5.94. The molecule has 0 unspecified atom stereocenters. The third-order valence-electron chi connectivity index (χ3n) is 2.69. The summed E-state index contributed by atoms with van der Waals surface area (Å²) in [6.45, 7) is -0.0230. The fourth-order valence-electron chi connectivity index (χ4n) is 1.61. The topological polar surface area (TPSA) is 95.5 Å². The minimum Gasteiger partial charge on any atom is -0.481 e. The van der Waals surface area contributed by atoms with E-state index in [9.17, 15) is 18.8 Å². The molecule has 0 bridgehead atoms. The molecule has 0 spiro atoms. The molecule has 3 amide bonds. The highest BCUT2D eigenvalue weighted by Gasteiger charge is 2.08. The number of amides is 3. The van der Waals surface area contributed by atoms with E-state index in [0.717, 1.165) is 0 Å². The largest absolute Gasteiger partial charge is 0.481 e. The number of hydrogen-bond acceptors (Lipinski definition) is 3. The molecule has 114 valence electrons. The second-order valence-electron chi connectivity index (χ2n) is 4.42. The van der Waals surface area contributed by atoms with Crippen LogP contribution in [0, 0.1) is 5.82 Å². The Morgan fingerprint density at radius 2 is 1.76 bits per heavy atom. The van der Waals surface area contributed by atoms with Gasteiger partial charge in [-0.05, 0) is 18.9 Å². The zero-order chi connectivity index (χ0) is 15.7. The number of unbranched alkanes of at least 4 members (excludes halogenated alkanes) is 1. The number of carboxylic acids is 1. The Kier molecular flexibility index (Phi) is 6.86. The Labute approximate surface area is 121 Å². The number of aliphatic carboxylic acids is 1. The summed E-state index contributed by atoms with van der Waals surface area (Å²) in [5.41, 5.74) is 0.321. The number of imide groups is 1. The maximum Gasteiger partial charge on any atom is 0.321 e. The van der Waals surface area contributed by atoms with Crippen LogP contribution in [0.4, 0.5) is 9.18 Å². The van der Waals surface area contributed by atoms with Crippen LogP contribution in [-0.2, 0) is 16.1 Å². The summed E-state index contributed by atoms with van der Waals surface area (Å²) >= 11 is 0. The third kappa shape index (κ3) is 7.05. The maximum atomic E-state index is 13.3. The number of halogens is 1. The van der Waals surface area contributed by atoms with Crippen LogP contribution in [0.5, 0.6) is 0 Å². The summed E-state index contributed by atoms with van der Waals surface area (Å²) in [4.78, 5) is 33.1. The number of benzene rings is 1. The standard InChI is InChI=1S/C14H17FN2O4/c15-11-6-2-1-5-10(11)9-16-14(21)17-12(18)7-3-4-8-13(19)20/h1-2,5-6H,3-4,7-9H2,(H,19,20)(H2,16,17,18,21). The first kappa shape index (κ1) is 16.6. The van der Waals surface area contributed by atoms with Gasteiger partial charge in [0.2, 0.25) is 5.91 Å². The Morgan fingerprint density at radius 3 is 2.43 bits per heavy atom. The lowest BCUT2D eigenvalue weighted by Gasteiger charge is -2.07. The van der Waals surface area contributed by atoms with E-state index < -0.39 is 23.7 Å². The molecule has 6 nitrogen and oxygen atoms in total. The van der Waals surface area contributed by atoms with Gasteiger partial charge in [-0.2, -0.15) is 0 Å². The lowest BCUT2D eigenvalue weighted by atomic mass is 10.2. The highest BCUT2D eigenvalue weighted by atomic mass is 19.1. The van der Waals surface area contributed by atoms with Crippen molar-refractivity contribution in [1.29, 1.82) is 0 Å². The molecule has 1 aromatic rings. The summed E-state index contributed by atoms with van der Waals surface area (Å²) in [6.07, 6.45) is 0.825. The number of carbonyl (C=O) groups excluding carboxylic acids is 2. The van der Waals surface area contributed by atoms with Gasteiger partial charge in [-0.1, -0.05) is 18.2 Å². The lowest BCUT2D eigenvalue weighted by molar-refractivity contribution is -0.137.